The summed E-state index contributed by atoms with van der Waals surface area (Å²) in [6.07, 6.45) is 0. The predicted octanol–water partition coefficient (Wildman–Crippen LogP) is 17.4. The molecule has 10 aromatic carbocycles. The quantitative estimate of drug-likeness (QED) is 0.0639. The lowest BCUT2D eigenvalue weighted by atomic mass is 10.1. The zero-order valence-electron chi connectivity index (χ0n) is 44.3. The number of nitrogens with one attached hydrogen (secondary N) is 3. The Balaban J connectivity index is 0.963. The minimum atomic E-state index is 0.787. The molecule has 0 aliphatic heterocycles. The Bertz CT molecular complexity index is 2980. The molecular formula is C66H60N6O6. The zero-order valence-corrected chi connectivity index (χ0v) is 44.3. The number of ether oxygens (including phenoxy) is 6. The van der Waals surface area contributed by atoms with Gasteiger partial charge in [0.25, 0.3) is 0 Å². The van der Waals surface area contributed by atoms with E-state index in [1.54, 1.807) is 42.7 Å². The predicted molar refractivity (Wildman–Crippen MR) is 319 cm³/mol. The van der Waals surface area contributed by atoms with Crippen LogP contribution in [0.2, 0.25) is 0 Å². The molecule has 0 spiro atoms. The Labute approximate surface area is 456 Å². The molecule has 12 heteroatoms. The highest BCUT2D eigenvalue weighted by Gasteiger charge is 2.17. The smallest absolute Gasteiger partial charge is 0.119 e. The fourth-order valence-corrected chi connectivity index (χ4v) is 9.15. The maximum absolute atomic E-state index is 5.49. The molecule has 0 amide bonds. The molecule has 0 saturated carbocycles. The summed E-state index contributed by atoms with van der Waals surface area (Å²) < 4.78 is 32.9. The summed E-state index contributed by atoms with van der Waals surface area (Å²) in [5.74, 6) is 4.72. The lowest BCUT2D eigenvalue weighted by Gasteiger charge is -2.26. The third-order valence-electron chi connectivity index (χ3n) is 13.2. The van der Waals surface area contributed by atoms with Crippen LogP contribution in [0.25, 0.3) is 0 Å². The summed E-state index contributed by atoms with van der Waals surface area (Å²) >= 11 is 0. The summed E-state index contributed by atoms with van der Waals surface area (Å²) in [7, 11) is 10.0. The first-order valence-electron chi connectivity index (χ1n) is 25.3. The van der Waals surface area contributed by atoms with Crippen LogP contribution in [0.15, 0.2) is 237 Å². The van der Waals surface area contributed by atoms with Gasteiger partial charge in [0.2, 0.25) is 0 Å². The molecule has 0 aromatic heterocycles. The second kappa shape index (κ2) is 24.0. The molecule has 0 bridgehead atoms. The summed E-state index contributed by atoms with van der Waals surface area (Å²) in [6.45, 7) is 0. The third-order valence-corrected chi connectivity index (χ3v) is 13.2. The molecule has 0 atom stereocenters. The van der Waals surface area contributed by atoms with Gasteiger partial charge in [-0.3, -0.25) is 0 Å². The monoisotopic (exact) mass is 1030 g/mol. The molecule has 0 radical (unpaired) electrons. The number of rotatable bonds is 21. The van der Waals surface area contributed by atoms with Gasteiger partial charge in [-0.15, -0.1) is 0 Å². The van der Waals surface area contributed by atoms with Crippen molar-refractivity contribution in [1.82, 2.24) is 0 Å². The van der Waals surface area contributed by atoms with E-state index < -0.39 is 0 Å². The average Bonchev–Trinajstić information content (AvgIpc) is 3.53. The van der Waals surface area contributed by atoms with E-state index in [-0.39, 0.29) is 0 Å². The number of anilines is 15. The molecule has 0 heterocycles. The number of methoxy groups -OCH3 is 6. The van der Waals surface area contributed by atoms with Crippen molar-refractivity contribution in [3.63, 3.8) is 0 Å². The average molecular weight is 1030 g/mol. The Morgan fingerprint density at radius 1 is 0.192 bits per heavy atom. The summed E-state index contributed by atoms with van der Waals surface area (Å²) in [5, 5.41) is 11.1. The van der Waals surface area contributed by atoms with Crippen molar-refractivity contribution in [2.24, 2.45) is 0 Å². The fraction of sp³-hybridized carbons (Fsp3) is 0.0909. The van der Waals surface area contributed by atoms with Crippen LogP contribution in [0.5, 0.6) is 34.5 Å². The van der Waals surface area contributed by atoms with Gasteiger partial charge in [-0.05, 0) is 237 Å². The van der Waals surface area contributed by atoms with Crippen molar-refractivity contribution in [3.05, 3.63) is 237 Å². The third kappa shape index (κ3) is 12.0. The second-order valence-corrected chi connectivity index (χ2v) is 18.0. The van der Waals surface area contributed by atoms with Crippen molar-refractivity contribution in [2.45, 2.75) is 0 Å². The second-order valence-electron chi connectivity index (χ2n) is 18.0. The van der Waals surface area contributed by atoms with Gasteiger partial charge in [0.15, 0.2) is 0 Å². The Morgan fingerprint density at radius 2 is 0.333 bits per heavy atom. The molecule has 10 rings (SSSR count). The standard InChI is InChI=1S/C66H60N6O6/c1-73-61-31-19-55(20-32-61)70(56-21-33-62(74-2)34-22-56)52-13-7-46(8-14-52)67-49-43-50(68-47-9-15-53(16-10-47)71(57-23-35-63(75-3)36-24-57)58-25-37-64(76-4)38-26-58)45-51(44-49)69-48-11-17-54(18-12-48)72(59-27-39-65(77-5)40-28-59)60-29-41-66(78-6)42-30-60/h7-45,67-69H,1-6H3. The van der Waals surface area contributed by atoms with Gasteiger partial charge in [-0.25, -0.2) is 0 Å². The summed E-state index contributed by atoms with van der Waals surface area (Å²) in [5.41, 5.74) is 14.2. The maximum atomic E-state index is 5.49. The van der Waals surface area contributed by atoms with E-state index in [1.807, 2.05) is 72.8 Å². The molecule has 0 saturated heterocycles. The van der Waals surface area contributed by atoms with E-state index in [4.69, 9.17) is 28.4 Å². The van der Waals surface area contributed by atoms with Crippen LogP contribution in [0.4, 0.5) is 85.3 Å². The van der Waals surface area contributed by atoms with Gasteiger partial charge in [0.1, 0.15) is 34.5 Å². The van der Waals surface area contributed by atoms with Gasteiger partial charge in [-0.2, -0.15) is 0 Å². The first-order chi connectivity index (χ1) is 38.3. The first-order valence-corrected chi connectivity index (χ1v) is 25.3. The SMILES string of the molecule is COc1ccc(N(c2ccc(Nc3cc(Nc4ccc(N(c5ccc(OC)cc5)c5ccc(OC)cc5)cc4)cc(Nc4ccc(N(c5ccc(OC)cc5)c5ccc(OC)cc5)cc4)c3)cc2)c2ccc(OC)cc2)cc1. The zero-order chi connectivity index (χ0) is 53.8. The number of nitrogens with zero attached hydrogens (tertiary/aromatic N) is 3. The van der Waals surface area contributed by atoms with Crippen LogP contribution in [-0.2, 0) is 0 Å². The lowest BCUT2D eigenvalue weighted by Crippen LogP contribution is -2.10. The van der Waals surface area contributed by atoms with Crippen molar-refractivity contribution in [3.8, 4) is 34.5 Å². The number of hydrogen-bond acceptors (Lipinski definition) is 12. The lowest BCUT2D eigenvalue weighted by molar-refractivity contribution is 0.414. The van der Waals surface area contributed by atoms with E-state index in [0.717, 1.165) is 120 Å². The molecular weight excluding hydrogens is 973 g/mol. The maximum Gasteiger partial charge on any atom is 0.119 e. The van der Waals surface area contributed by atoms with Gasteiger partial charge in [-0.1, -0.05) is 0 Å². The molecule has 78 heavy (non-hydrogen) atoms. The highest BCUT2D eigenvalue weighted by molar-refractivity contribution is 5.83. The Hall–Kier alpha value is -10.2. The van der Waals surface area contributed by atoms with E-state index in [2.05, 4.69) is 194 Å². The van der Waals surface area contributed by atoms with Crippen LogP contribution in [-0.4, -0.2) is 42.7 Å². The normalized spacial score (nSPS) is 10.7. The largest absolute Gasteiger partial charge is 0.497 e. The molecule has 3 N–H and O–H groups in total. The Morgan fingerprint density at radius 3 is 0.474 bits per heavy atom. The molecule has 12 nitrogen and oxygen atoms in total. The van der Waals surface area contributed by atoms with Crippen molar-refractivity contribution in [1.29, 1.82) is 0 Å². The molecule has 0 aliphatic carbocycles. The first kappa shape index (κ1) is 51.3. The van der Waals surface area contributed by atoms with Gasteiger partial charge >= 0.3 is 0 Å². The van der Waals surface area contributed by atoms with Gasteiger partial charge in [0, 0.05) is 85.3 Å². The van der Waals surface area contributed by atoms with Crippen LogP contribution in [0, 0.1) is 0 Å². The van der Waals surface area contributed by atoms with Crippen molar-refractivity contribution in [2.75, 3.05) is 73.3 Å². The van der Waals surface area contributed by atoms with E-state index >= 15 is 0 Å². The molecule has 0 aliphatic rings. The van der Waals surface area contributed by atoms with Crippen LogP contribution >= 0.6 is 0 Å². The molecule has 0 fully saturated rings. The number of benzene rings is 10. The van der Waals surface area contributed by atoms with E-state index in [0.29, 0.717) is 0 Å². The topological polar surface area (TPSA) is 101 Å². The highest BCUT2D eigenvalue weighted by atomic mass is 16.5. The van der Waals surface area contributed by atoms with Crippen molar-refractivity contribution < 1.29 is 28.4 Å². The van der Waals surface area contributed by atoms with Crippen LogP contribution < -0.4 is 59.1 Å². The van der Waals surface area contributed by atoms with Crippen LogP contribution in [0.1, 0.15) is 0 Å². The molecule has 10 aromatic rings. The van der Waals surface area contributed by atoms with E-state index in [9.17, 15) is 0 Å². The fourth-order valence-electron chi connectivity index (χ4n) is 9.15. The molecule has 0 unspecified atom stereocenters. The minimum absolute atomic E-state index is 0.787. The number of hydrogen-bond donors (Lipinski definition) is 3. The Kier molecular flexibility index (Phi) is 15.8. The minimum Gasteiger partial charge on any atom is -0.497 e. The van der Waals surface area contributed by atoms with Crippen molar-refractivity contribution >= 4 is 85.3 Å². The highest BCUT2D eigenvalue weighted by Crippen LogP contribution is 2.41. The summed E-state index contributed by atoms with van der Waals surface area (Å²) in [4.78, 5) is 6.60. The molecule has 390 valence electrons. The van der Waals surface area contributed by atoms with Crippen LogP contribution in [0.3, 0.4) is 0 Å². The van der Waals surface area contributed by atoms with Gasteiger partial charge < -0.3 is 59.1 Å². The summed E-state index contributed by atoms with van der Waals surface area (Å²) in [6, 6.07) is 79.9. The van der Waals surface area contributed by atoms with Gasteiger partial charge in [0.05, 0.1) is 42.7 Å². The van der Waals surface area contributed by atoms with E-state index in [1.165, 1.54) is 0 Å².